The van der Waals surface area contributed by atoms with Crippen LogP contribution >= 0.6 is 0 Å². The molecule has 1 aliphatic heterocycles. The molecule has 1 atom stereocenters. The quantitative estimate of drug-likeness (QED) is 0.338. The molecule has 1 aliphatic rings. The van der Waals surface area contributed by atoms with E-state index in [2.05, 4.69) is 29.4 Å². The predicted molar refractivity (Wildman–Crippen MR) is 144 cm³/mol. The van der Waals surface area contributed by atoms with E-state index in [4.69, 9.17) is 15.6 Å². The highest BCUT2D eigenvalue weighted by molar-refractivity contribution is 5.82. The number of aliphatic hydroxyl groups excluding tert-OH is 1. The van der Waals surface area contributed by atoms with Crippen molar-refractivity contribution in [1.82, 2.24) is 10.2 Å². The SMILES string of the molecule is C=CCc1ccc(OCC)c(-c2cc(CC=C)cc(CN3CCC(NC(=O)[C@@H](N)CO)CC3)c2O)c1. The zero-order valence-electron chi connectivity index (χ0n) is 21.2. The third kappa shape index (κ3) is 6.97. The number of nitrogens with zero attached hydrogens (tertiary/aromatic N) is 1. The molecule has 5 N–H and O–H groups in total. The monoisotopic (exact) mass is 493 g/mol. The average molecular weight is 494 g/mol. The molecule has 1 saturated heterocycles. The Morgan fingerprint density at radius 2 is 1.83 bits per heavy atom. The molecule has 1 amide bonds. The predicted octanol–water partition coefficient (Wildman–Crippen LogP) is 3.32. The Bertz CT molecular complexity index is 1060. The van der Waals surface area contributed by atoms with Gasteiger partial charge in [-0.2, -0.15) is 0 Å². The second kappa shape index (κ2) is 13.3. The van der Waals surface area contributed by atoms with Crippen molar-refractivity contribution in [3.8, 4) is 22.6 Å². The first-order valence-electron chi connectivity index (χ1n) is 12.6. The molecule has 7 nitrogen and oxygen atoms in total. The molecular weight excluding hydrogens is 454 g/mol. The second-order valence-electron chi connectivity index (χ2n) is 9.25. The minimum atomic E-state index is -0.891. The van der Waals surface area contributed by atoms with Gasteiger partial charge in [0.15, 0.2) is 0 Å². The molecule has 2 aromatic carbocycles. The fraction of sp³-hybridized carbons (Fsp3) is 0.414. The van der Waals surface area contributed by atoms with Gasteiger partial charge in [0, 0.05) is 42.4 Å². The summed E-state index contributed by atoms with van der Waals surface area (Å²) < 4.78 is 5.91. The zero-order valence-corrected chi connectivity index (χ0v) is 21.2. The first kappa shape index (κ1) is 27.5. The number of nitrogens with two attached hydrogens (primary N) is 1. The van der Waals surface area contributed by atoms with Gasteiger partial charge in [0.05, 0.1) is 13.2 Å². The summed E-state index contributed by atoms with van der Waals surface area (Å²) in [7, 11) is 0. The largest absolute Gasteiger partial charge is 0.507 e. The van der Waals surface area contributed by atoms with Gasteiger partial charge in [0.2, 0.25) is 5.91 Å². The number of piperidine rings is 1. The molecule has 7 heteroatoms. The highest BCUT2D eigenvalue weighted by Gasteiger charge is 2.24. The van der Waals surface area contributed by atoms with Gasteiger partial charge < -0.3 is 26.0 Å². The number of hydrogen-bond donors (Lipinski definition) is 4. The smallest absolute Gasteiger partial charge is 0.239 e. The summed E-state index contributed by atoms with van der Waals surface area (Å²) in [5.74, 6) is 0.669. The first-order chi connectivity index (χ1) is 17.4. The van der Waals surface area contributed by atoms with Gasteiger partial charge in [-0.3, -0.25) is 9.69 Å². The van der Waals surface area contributed by atoms with E-state index >= 15 is 0 Å². The summed E-state index contributed by atoms with van der Waals surface area (Å²) in [5, 5.41) is 23.4. The Kier molecular flexibility index (Phi) is 10.1. The lowest BCUT2D eigenvalue weighted by molar-refractivity contribution is -0.124. The normalized spacial score (nSPS) is 15.3. The van der Waals surface area contributed by atoms with Crippen LogP contribution in [0.3, 0.4) is 0 Å². The van der Waals surface area contributed by atoms with Crippen molar-refractivity contribution in [2.45, 2.75) is 51.2 Å². The van der Waals surface area contributed by atoms with Gasteiger partial charge in [0.25, 0.3) is 0 Å². The molecule has 3 rings (SSSR count). The maximum atomic E-state index is 12.0. The number of aliphatic hydroxyl groups is 1. The number of allylic oxidation sites excluding steroid dienone is 2. The van der Waals surface area contributed by atoms with Crippen LogP contribution in [0.5, 0.6) is 11.5 Å². The number of aromatic hydroxyl groups is 1. The standard InChI is InChI=1S/C29H39N3O4/c1-4-7-20-9-10-27(36-6-3)24(16-20)25-17-21(8-5-2)15-22(28(25)34)18-32-13-11-23(12-14-32)31-29(35)26(30)19-33/h4-5,9-10,15-17,23,26,33-34H,1-2,6-8,11-14,18-19,30H2,3H3,(H,31,35)/t26-/m0/s1. The molecule has 36 heavy (non-hydrogen) atoms. The molecule has 2 aromatic rings. The van der Waals surface area contributed by atoms with E-state index in [1.54, 1.807) is 0 Å². The van der Waals surface area contributed by atoms with Gasteiger partial charge >= 0.3 is 0 Å². The number of nitrogens with one attached hydrogen (secondary N) is 1. The topological polar surface area (TPSA) is 108 Å². The van der Waals surface area contributed by atoms with E-state index in [1.807, 2.05) is 43.3 Å². The molecule has 0 unspecified atom stereocenters. The number of amides is 1. The van der Waals surface area contributed by atoms with Gasteiger partial charge in [-0.05, 0) is 61.9 Å². The van der Waals surface area contributed by atoms with Crippen LogP contribution in [-0.2, 0) is 24.2 Å². The van der Waals surface area contributed by atoms with Crippen molar-refractivity contribution in [2.24, 2.45) is 5.73 Å². The van der Waals surface area contributed by atoms with E-state index in [1.165, 1.54) is 0 Å². The Balaban J connectivity index is 1.85. The van der Waals surface area contributed by atoms with Crippen LogP contribution in [-0.4, -0.2) is 59.4 Å². The summed E-state index contributed by atoms with van der Waals surface area (Å²) in [6.45, 7) is 12.0. The summed E-state index contributed by atoms with van der Waals surface area (Å²) in [4.78, 5) is 14.3. The van der Waals surface area contributed by atoms with Gasteiger partial charge in [-0.25, -0.2) is 0 Å². The van der Waals surface area contributed by atoms with Crippen molar-refractivity contribution in [3.63, 3.8) is 0 Å². The number of hydrogen-bond acceptors (Lipinski definition) is 6. The number of likely N-dealkylation sites (tertiary alicyclic amines) is 1. The van der Waals surface area contributed by atoms with Gasteiger partial charge in [-0.15, -0.1) is 13.2 Å². The molecule has 0 spiro atoms. The first-order valence-corrected chi connectivity index (χ1v) is 12.6. The highest BCUT2D eigenvalue weighted by atomic mass is 16.5. The average Bonchev–Trinajstić information content (AvgIpc) is 2.88. The zero-order chi connectivity index (χ0) is 26.1. The fourth-order valence-corrected chi connectivity index (χ4v) is 4.60. The number of rotatable bonds is 12. The van der Waals surface area contributed by atoms with Crippen LogP contribution in [0.4, 0.5) is 0 Å². The van der Waals surface area contributed by atoms with Crippen molar-refractivity contribution in [3.05, 3.63) is 72.3 Å². The third-order valence-corrected chi connectivity index (χ3v) is 6.50. The Morgan fingerprint density at radius 3 is 2.47 bits per heavy atom. The number of benzene rings is 2. The fourth-order valence-electron chi connectivity index (χ4n) is 4.60. The Morgan fingerprint density at radius 1 is 1.17 bits per heavy atom. The van der Waals surface area contributed by atoms with Gasteiger partial charge in [-0.1, -0.05) is 24.3 Å². The maximum Gasteiger partial charge on any atom is 0.239 e. The van der Waals surface area contributed by atoms with Gasteiger partial charge in [0.1, 0.15) is 17.5 Å². The van der Waals surface area contributed by atoms with Crippen LogP contribution in [0.15, 0.2) is 55.6 Å². The van der Waals surface area contributed by atoms with Crippen LogP contribution in [0.2, 0.25) is 0 Å². The number of phenolic OH excluding ortho intramolecular Hbond substituents is 1. The van der Waals surface area contributed by atoms with E-state index in [-0.39, 0.29) is 24.3 Å². The minimum Gasteiger partial charge on any atom is -0.507 e. The van der Waals surface area contributed by atoms with Crippen LogP contribution in [0.1, 0.15) is 36.5 Å². The highest BCUT2D eigenvalue weighted by Crippen LogP contribution is 2.40. The van der Waals surface area contributed by atoms with Crippen molar-refractivity contribution in [2.75, 3.05) is 26.3 Å². The third-order valence-electron chi connectivity index (χ3n) is 6.50. The van der Waals surface area contributed by atoms with Crippen LogP contribution in [0, 0.1) is 0 Å². The Hall–Kier alpha value is -3.13. The van der Waals surface area contributed by atoms with E-state index in [0.29, 0.717) is 19.6 Å². The lowest BCUT2D eigenvalue weighted by Crippen LogP contribution is -2.50. The summed E-state index contributed by atoms with van der Waals surface area (Å²) >= 11 is 0. The van der Waals surface area contributed by atoms with Crippen molar-refractivity contribution >= 4 is 5.91 Å². The summed E-state index contributed by atoms with van der Waals surface area (Å²) in [5.41, 5.74) is 10.3. The summed E-state index contributed by atoms with van der Waals surface area (Å²) in [6, 6.07) is 9.25. The van der Waals surface area contributed by atoms with Crippen LogP contribution in [0.25, 0.3) is 11.1 Å². The van der Waals surface area contributed by atoms with E-state index in [9.17, 15) is 9.90 Å². The molecule has 194 valence electrons. The minimum absolute atomic E-state index is 0.0314. The molecule has 0 aromatic heterocycles. The van der Waals surface area contributed by atoms with Crippen molar-refractivity contribution in [1.29, 1.82) is 0 Å². The molecular formula is C29H39N3O4. The number of phenols is 1. The molecule has 0 aliphatic carbocycles. The second-order valence-corrected chi connectivity index (χ2v) is 9.25. The number of carbonyl (C=O) groups excluding carboxylic acids is 1. The molecule has 1 fully saturated rings. The molecule has 0 radical (unpaired) electrons. The maximum absolute atomic E-state index is 12.0. The number of ether oxygens (including phenoxy) is 1. The molecule has 1 heterocycles. The lowest BCUT2D eigenvalue weighted by atomic mass is 9.94. The number of carbonyl (C=O) groups is 1. The van der Waals surface area contributed by atoms with Crippen LogP contribution < -0.4 is 15.8 Å². The van der Waals surface area contributed by atoms with E-state index < -0.39 is 6.04 Å². The van der Waals surface area contributed by atoms with Crippen molar-refractivity contribution < 1.29 is 19.7 Å². The summed E-state index contributed by atoms with van der Waals surface area (Å²) in [6.07, 6.45) is 6.71. The Labute approximate surface area is 214 Å². The molecule has 0 saturated carbocycles. The lowest BCUT2D eigenvalue weighted by Gasteiger charge is -2.33. The molecule has 0 bridgehead atoms. The van der Waals surface area contributed by atoms with E-state index in [0.717, 1.165) is 65.9 Å².